The second-order valence-electron chi connectivity index (χ2n) is 5.18. The van der Waals surface area contributed by atoms with Crippen LogP contribution in [0.1, 0.15) is 30.4 Å². The van der Waals surface area contributed by atoms with E-state index in [1.165, 1.54) is 12.1 Å². The van der Waals surface area contributed by atoms with Crippen LogP contribution in [0.5, 0.6) is 0 Å². The molecule has 2 aromatic rings. The van der Waals surface area contributed by atoms with Crippen LogP contribution in [0.4, 0.5) is 8.78 Å². The molecule has 2 aromatic carbocycles. The Kier molecular flexibility index (Phi) is 4.85. The maximum absolute atomic E-state index is 13.1. The van der Waals surface area contributed by atoms with Crippen LogP contribution >= 0.6 is 0 Å². The Bertz CT molecular complexity index is 534. The second kappa shape index (κ2) is 6.62. The van der Waals surface area contributed by atoms with Gasteiger partial charge in [0.15, 0.2) is 0 Å². The Labute approximate surface area is 117 Å². The zero-order chi connectivity index (χ0) is 14.5. The van der Waals surface area contributed by atoms with E-state index in [2.05, 4.69) is 0 Å². The Balaban J connectivity index is 1.97. The molecule has 0 aliphatic carbocycles. The molecule has 0 aliphatic heterocycles. The Morgan fingerprint density at radius 2 is 1.60 bits per heavy atom. The third-order valence-electron chi connectivity index (χ3n) is 3.39. The monoisotopic (exact) mass is 276 g/mol. The molecule has 1 nitrogen and oxygen atoms in total. The lowest BCUT2D eigenvalue weighted by Crippen LogP contribution is -2.14. The fourth-order valence-corrected chi connectivity index (χ4v) is 2.41. The minimum absolute atomic E-state index is 0.199. The van der Waals surface area contributed by atoms with E-state index in [0.29, 0.717) is 12.0 Å². The van der Waals surface area contributed by atoms with E-state index in [1.807, 2.05) is 37.3 Å². The maximum Gasteiger partial charge on any atom is 0.126 e. The summed E-state index contributed by atoms with van der Waals surface area (Å²) in [5.74, 6) is -1.02. The number of aliphatic hydroxyl groups is 1. The van der Waals surface area contributed by atoms with Crippen molar-refractivity contribution >= 4 is 0 Å². The molecule has 0 bridgehead atoms. The number of benzene rings is 2. The predicted molar refractivity (Wildman–Crippen MR) is 75.5 cm³/mol. The van der Waals surface area contributed by atoms with E-state index >= 15 is 0 Å². The lowest BCUT2D eigenvalue weighted by atomic mass is 9.92. The summed E-state index contributed by atoms with van der Waals surface area (Å²) in [4.78, 5) is 0. The van der Waals surface area contributed by atoms with Crippen LogP contribution in [0.15, 0.2) is 48.5 Å². The van der Waals surface area contributed by atoms with Crippen molar-refractivity contribution in [2.24, 2.45) is 0 Å². The summed E-state index contributed by atoms with van der Waals surface area (Å²) >= 11 is 0. The smallest absolute Gasteiger partial charge is 0.126 e. The van der Waals surface area contributed by atoms with E-state index in [-0.39, 0.29) is 12.3 Å². The van der Waals surface area contributed by atoms with Gasteiger partial charge >= 0.3 is 0 Å². The van der Waals surface area contributed by atoms with Gasteiger partial charge in [-0.3, -0.25) is 0 Å². The third-order valence-corrected chi connectivity index (χ3v) is 3.39. The fourth-order valence-electron chi connectivity index (χ4n) is 2.41. The fraction of sp³-hybridized carbons (Fsp3) is 0.294. The number of hydrogen-bond donors (Lipinski definition) is 1. The molecular weight excluding hydrogens is 258 g/mol. The van der Waals surface area contributed by atoms with Gasteiger partial charge in [0.2, 0.25) is 0 Å². The number of hydrogen-bond acceptors (Lipinski definition) is 1. The number of halogens is 2. The van der Waals surface area contributed by atoms with Crippen molar-refractivity contribution in [3.8, 4) is 0 Å². The first-order valence-corrected chi connectivity index (χ1v) is 6.72. The van der Waals surface area contributed by atoms with Crippen molar-refractivity contribution in [3.63, 3.8) is 0 Å². The Morgan fingerprint density at radius 3 is 2.20 bits per heavy atom. The quantitative estimate of drug-likeness (QED) is 0.873. The molecule has 2 atom stereocenters. The molecule has 2 rings (SSSR count). The van der Waals surface area contributed by atoms with Gasteiger partial charge < -0.3 is 5.11 Å². The Hall–Kier alpha value is -1.74. The highest BCUT2D eigenvalue weighted by Crippen LogP contribution is 2.22. The van der Waals surface area contributed by atoms with Crippen LogP contribution in [0.25, 0.3) is 0 Å². The average Bonchev–Trinajstić information content (AvgIpc) is 2.38. The van der Waals surface area contributed by atoms with Gasteiger partial charge in [0.1, 0.15) is 11.6 Å². The molecule has 0 amide bonds. The normalized spacial score (nSPS) is 14.0. The number of aliphatic hydroxyl groups excluding tert-OH is 1. The van der Waals surface area contributed by atoms with E-state index in [0.717, 1.165) is 11.6 Å². The molecule has 0 heterocycles. The van der Waals surface area contributed by atoms with Crippen LogP contribution in [-0.4, -0.2) is 11.2 Å². The predicted octanol–water partition coefficient (Wildman–Crippen LogP) is 4.06. The summed E-state index contributed by atoms with van der Waals surface area (Å²) < 4.78 is 26.2. The molecule has 0 spiro atoms. The lowest BCUT2D eigenvalue weighted by Gasteiger charge is -2.17. The minimum atomic E-state index is -0.619. The van der Waals surface area contributed by atoms with E-state index < -0.39 is 17.7 Å². The van der Waals surface area contributed by atoms with Crippen LogP contribution in [-0.2, 0) is 6.42 Å². The zero-order valence-corrected chi connectivity index (χ0v) is 11.4. The highest BCUT2D eigenvalue weighted by atomic mass is 19.1. The minimum Gasteiger partial charge on any atom is -0.393 e. The third kappa shape index (κ3) is 4.14. The van der Waals surface area contributed by atoms with Crippen molar-refractivity contribution in [1.29, 1.82) is 0 Å². The summed E-state index contributed by atoms with van der Waals surface area (Å²) in [6.45, 7) is 2.03. The Morgan fingerprint density at radius 1 is 1.00 bits per heavy atom. The highest BCUT2D eigenvalue weighted by Gasteiger charge is 2.13. The number of rotatable bonds is 5. The summed E-state index contributed by atoms with van der Waals surface area (Å²) in [5.41, 5.74) is 1.63. The van der Waals surface area contributed by atoms with Crippen LogP contribution in [0.3, 0.4) is 0 Å². The topological polar surface area (TPSA) is 20.2 Å². The first-order valence-electron chi connectivity index (χ1n) is 6.72. The SMILES string of the molecule is CC(CC(O)Cc1cc(F)cc(F)c1)c1ccccc1. The van der Waals surface area contributed by atoms with Gasteiger partial charge in [-0.2, -0.15) is 0 Å². The molecule has 0 radical (unpaired) electrons. The summed E-state index contributed by atoms with van der Waals surface area (Å²) in [7, 11) is 0. The maximum atomic E-state index is 13.1. The molecule has 0 aromatic heterocycles. The van der Waals surface area contributed by atoms with Gasteiger partial charge in [0.05, 0.1) is 6.10 Å². The molecule has 106 valence electrons. The van der Waals surface area contributed by atoms with Crippen molar-refractivity contribution in [3.05, 3.63) is 71.3 Å². The molecule has 0 saturated heterocycles. The zero-order valence-electron chi connectivity index (χ0n) is 11.4. The second-order valence-corrected chi connectivity index (χ2v) is 5.18. The van der Waals surface area contributed by atoms with Crippen molar-refractivity contribution in [1.82, 2.24) is 0 Å². The largest absolute Gasteiger partial charge is 0.393 e. The average molecular weight is 276 g/mol. The van der Waals surface area contributed by atoms with E-state index in [9.17, 15) is 13.9 Å². The van der Waals surface area contributed by atoms with Crippen molar-refractivity contribution in [2.45, 2.75) is 31.8 Å². The first kappa shape index (κ1) is 14.7. The molecule has 0 fully saturated rings. The van der Waals surface area contributed by atoms with Crippen LogP contribution < -0.4 is 0 Å². The summed E-state index contributed by atoms with van der Waals surface area (Å²) in [6, 6.07) is 13.3. The summed E-state index contributed by atoms with van der Waals surface area (Å²) in [5, 5.41) is 10.1. The van der Waals surface area contributed by atoms with Crippen LogP contribution in [0, 0.1) is 11.6 Å². The molecule has 2 unspecified atom stereocenters. The van der Waals surface area contributed by atoms with Crippen LogP contribution in [0.2, 0.25) is 0 Å². The van der Waals surface area contributed by atoms with Gasteiger partial charge in [0.25, 0.3) is 0 Å². The van der Waals surface area contributed by atoms with Gasteiger partial charge in [-0.05, 0) is 42.0 Å². The van der Waals surface area contributed by atoms with E-state index in [1.54, 1.807) is 0 Å². The molecule has 20 heavy (non-hydrogen) atoms. The lowest BCUT2D eigenvalue weighted by molar-refractivity contribution is 0.157. The van der Waals surface area contributed by atoms with Crippen molar-refractivity contribution < 1.29 is 13.9 Å². The van der Waals surface area contributed by atoms with Crippen molar-refractivity contribution in [2.75, 3.05) is 0 Å². The molecule has 3 heteroatoms. The van der Waals surface area contributed by atoms with Gasteiger partial charge in [-0.1, -0.05) is 37.3 Å². The molecular formula is C17H18F2O. The van der Waals surface area contributed by atoms with Gasteiger partial charge in [-0.15, -0.1) is 0 Å². The molecule has 1 N–H and O–H groups in total. The standard InChI is InChI=1S/C17H18F2O/c1-12(14-5-3-2-4-6-14)7-17(20)10-13-8-15(18)11-16(19)9-13/h2-6,8-9,11-12,17,20H,7,10H2,1H3. The first-order chi connectivity index (χ1) is 9.54. The molecule has 0 saturated carbocycles. The van der Waals surface area contributed by atoms with E-state index in [4.69, 9.17) is 0 Å². The highest BCUT2D eigenvalue weighted by molar-refractivity contribution is 5.20. The molecule has 0 aliphatic rings. The summed E-state index contributed by atoms with van der Waals surface area (Å²) in [6.07, 6.45) is 0.194. The van der Waals surface area contributed by atoms with Gasteiger partial charge in [-0.25, -0.2) is 8.78 Å². The van der Waals surface area contributed by atoms with Gasteiger partial charge in [0, 0.05) is 6.07 Å².